The van der Waals surface area contributed by atoms with Crippen LogP contribution in [0.2, 0.25) is 0 Å². The van der Waals surface area contributed by atoms with Crippen molar-refractivity contribution in [1.29, 1.82) is 0 Å². The highest BCUT2D eigenvalue weighted by atomic mass is 16.3. The van der Waals surface area contributed by atoms with Gasteiger partial charge >= 0.3 is 0 Å². The first-order chi connectivity index (χ1) is 36.1. The van der Waals surface area contributed by atoms with Crippen LogP contribution in [0.5, 0.6) is 0 Å². The Kier molecular flexibility index (Phi) is 18.4. The van der Waals surface area contributed by atoms with E-state index < -0.39 is 95.2 Å². The molecule has 7 rings (SSSR count). The maximum absolute atomic E-state index is 14.7. The molecule has 3 aromatic carbocycles. The molecule has 2 aliphatic heterocycles. The van der Waals surface area contributed by atoms with Gasteiger partial charge in [0.25, 0.3) is 11.8 Å². The Morgan fingerprint density at radius 1 is 0.605 bits per heavy atom. The molecular weight excluding hydrogens is 969 g/mol. The lowest BCUT2D eigenvalue weighted by Gasteiger charge is -2.36. The second-order valence-corrected chi connectivity index (χ2v) is 22.9. The lowest BCUT2D eigenvalue weighted by atomic mass is 9.85. The highest BCUT2D eigenvalue weighted by Gasteiger charge is 2.48. The van der Waals surface area contributed by atoms with Gasteiger partial charge in [-0.3, -0.25) is 38.4 Å². The summed E-state index contributed by atoms with van der Waals surface area (Å²) in [5.74, 6) is -3.80. The topological polar surface area (TPSA) is 260 Å². The third-order valence-electron chi connectivity index (χ3n) is 15.2. The van der Waals surface area contributed by atoms with Crippen molar-refractivity contribution in [2.75, 3.05) is 40.3 Å². The van der Waals surface area contributed by atoms with E-state index in [1.54, 1.807) is 46.0 Å². The summed E-state index contributed by atoms with van der Waals surface area (Å²) in [5.41, 5.74) is 3.05. The van der Waals surface area contributed by atoms with Gasteiger partial charge in [0.15, 0.2) is 0 Å². The highest BCUT2D eigenvalue weighted by molar-refractivity contribution is 6.01. The third-order valence-corrected chi connectivity index (χ3v) is 15.2. The first-order valence-corrected chi connectivity index (χ1v) is 26.7. The number of fused-ring (bicyclic) bond motifs is 2. The quantitative estimate of drug-likeness (QED) is 0.0949. The molecule has 3 aromatic rings. The van der Waals surface area contributed by atoms with Crippen molar-refractivity contribution in [3.05, 3.63) is 106 Å². The molecule has 410 valence electrons. The van der Waals surface area contributed by atoms with E-state index in [1.165, 1.54) is 22.9 Å². The van der Waals surface area contributed by atoms with Crippen LogP contribution in [0, 0.1) is 10.8 Å². The molecule has 2 heterocycles. The molecule has 19 nitrogen and oxygen atoms in total. The van der Waals surface area contributed by atoms with Crippen LogP contribution in [0.1, 0.15) is 135 Å². The van der Waals surface area contributed by atoms with Crippen LogP contribution in [-0.4, -0.2) is 145 Å². The average molecular weight is 1050 g/mol. The predicted octanol–water partition coefficient (Wildman–Crippen LogP) is 2.33. The third kappa shape index (κ3) is 13.5. The number of nitrogens with zero attached hydrogens (tertiary/aromatic N) is 2. The van der Waals surface area contributed by atoms with Gasteiger partial charge in [-0.1, -0.05) is 96.1 Å². The van der Waals surface area contributed by atoms with Gasteiger partial charge in [0, 0.05) is 36.3 Å². The standard InChI is InChI=1S/C57H78N10O9/c1-56(2,3)47(64-46(69)29-58-7)54(75)66-30-37(27-44(66)52(73)62-41-24-14-18-33-16-9-11-22-39(33)41)60-49(70)35-20-13-21-36(26-35)50(71)61-38-28-45(53(74)63-42-25-15-19-34-17-10-12-23-40(34)42)67(31-38)55(76)48(57(4,5)6)65-51(72)43(32-68)59-8/h9-13,16-17,20-23,26,37-38,41-45,47-48,58-59,68H,14-15,18-19,24-25,27-32H2,1-8H3,(H,60,70)(H,61,71)(H,62,73)(H,63,74)(H,64,69)(H,65,72). The highest BCUT2D eigenvalue weighted by Crippen LogP contribution is 2.34. The largest absolute Gasteiger partial charge is 0.394 e. The van der Waals surface area contributed by atoms with Crippen molar-refractivity contribution >= 4 is 47.3 Å². The fourth-order valence-electron chi connectivity index (χ4n) is 11.1. The second-order valence-electron chi connectivity index (χ2n) is 22.9. The Morgan fingerprint density at radius 3 is 1.47 bits per heavy atom. The molecule has 9 unspecified atom stereocenters. The van der Waals surface area contributed by atoms with Crippen molar-refractivity contribution in [3.63, 3.8) is 0 Å². The molecule has 0 radical (unpaired) electrons. The summed E-state index contributed by atoms with van der Waals surface area (Å²) < 4.78 is 0. The molecule has 2 fully saturated rings. The van der Waals surface area contributed by atoms with E-state index in [4.69, 9.17) is 0 Å². The molecule has 9 N–H and O–H groups in total. The molecule has 0 saturated carbocycles. The fourth-order valence-corrected chi connectivity index (χ4v) is 11.1. The van der Waals surface area contributed by atoms with Gasteiger partial charge in [0.1, 0.15) is 30.2 Å². The summed E-state index contributed by atoms with van der Waals surface area (Å²) >= 11 is 0. The molecule has 0 aromatic heterocycles. The number of aliphatic hydroxyl groups is 1. The maximum atomic E-state index is 14.7. The number of likely N-dealkylation sites (N-methyl/N-ethyl adjacent to an activating group) is 2. The van der Waals surface area contributed by atoms with E-state index in [9.17, 15) is 43.5 Å². The van der Waals surface area contributed by atoms with Crippen LogP contribution in [0.3, 0.4) is 0 Å². The predicted molar refractivity (Wildman–Crippen MR) is 286 cm³/mol. The van der Waals surface area contributed by atoms with Crippen LogP contribution in [0.4, 0.5) is 0 Å². The number of nitrogens with one attached hydrogen (secondary N) is 8. The van der Waals surface area contributed by atoms with Gasteiger partial charge < -0.3 is 57.4 Å². The minimum Gasteiger partial charge on any atom is -0.394 e. The maximum Gasteiger partial charge on any atom is 0.251 e. The van der Waals surface area contributed by atoms with Crippen molar-refractivity contribution < 1.29 is 43.5 Å². The summed E-state index contributed by atoms with van der Waals surface area (Å²) in [4.78, 5) is 116. The van der Waals surface area contributed by atoms with Crippen molar-refractivity contribution in [2.24, 2.45) is 10.8 Å². The molecule has 0 spiro atoms. The van der Waals surface area contributed by atoms with Crippen LogP contribution < -0.4 is 42.5 Å². The number of benzene rings is 3. The lowest BCUT2D eigenvalue weighted by Crippen LogP contribution is -2.60. The molecule has 8 amide bonds. The SMILES string of the molecule is CNCC(=O)NC(C(=O)N1CC(NC(=O)c2cccc(C(=O)NC3CC(C(=O)NC4CCCc5ccccc54)N(C(=O)C(NC(=O)C(CO)NC)C(C)(C)C)C3)c2)CC1C(=O)NC1CCCc2ccccc21)C(C)(C)C. The summed E-state index contributed by atoms with van der Waals surface area (Å²) in [7, 11) is 3.15. The number of hydrogen-bond acceptors (Lipinski definition) is 11. The Balaban J connectivity index is 1.08. The van der Waals surface area contributed by atoms with E-state index in [0.29, 0.717) is 6.42 Å². The Labute approximate surface area is 446 Å². The average Bonchev–Trinajstić information content (AvgIpc) is 4.02. The molecule has 0 bridgehead atoms. The molecule has 9 atom stereocenters. The molecule has 2 aliphatic carbocycles. The molecule has 19 heteroatoms. The molecule has 4 aliphatic rings. The number of amides is 8. The van der Waals surface area contributed by atoms with Crippen molar-refractivity contribution in [2.45, 2.75) is 147 Å². The zero-order valence-electron chi connectivity index (χ0n) is 45.2. The van der Waals surface area contributed by atoms with Crippen LogP contribution in [0.25, 0.3) is 0 Å². The van der Waals surface area contributed by atoms with Gasteiger partial charge in [-0.15, -0.1) is 0 Å². The minimum absolute atomic E-state index is 0.0173. The van der Waals surface area contributed by atoms with Gasteiger partial charge in [-0.05, 0) is 117 Å². The fraction of sp³-hybridized carbons (Fsp3) is 0.544. The number of aliphatic hydroxyl groups excluding tert-OH is 1. The Hall–Kier alpha value is -6.70. The van der Waals surface area contributed by atoms with Gasteiger partial charge in [-0.2, -0.15) is 0 Å². The van der Waals surface area contributed by atoms with E-state index in [2.05, 4.69) is 48.6 Å². The summed E-state index contributed by atoms with van der Waals surface area (Å²) in [5, 5.41) is 33.5. The van der Waals surface area contributed by atoms with E-state index >= 15 is 0 Å². The summed E-state index contributed by atoms with van der Waals surface area (Å²) in [6, 6.07) is 15.0. The number of rotatable bonds is 17. The molecule has 2 saturated heterocycles. The molecule has 76 heavy (non-hydrogen) atoms. The minimum atomic E-state index is -1.11. The van der Waals surface area contributed by atoms with Crippen LogP contribution in [-0.2, 0) is 41.6 Å². The van der Waals surface area contributed by atoms with Crippen molar-refractivity contribution in [1.82, 2.24) is 52.3 Å². The van der Waals surface area contributed by atoms with Crippen LogP contribution >= 0.6 is 0 Å². The van der Waals surface area contributed by atoms with E-state index in [1.807, 2.05) is 63.2 Å². The first kappa shape index (κ1) is 57.0. The van der Waals surface area contributed by atoms with Crippen LogP contribution in [0.15, 0.2) is 72.8 Å². The molecular formula is C57H78N10O9. The Morgan fingerprint density at radius 2 is 1.05 bits per heavy atom. The number of hydrogen-bond donors (Lipinski definition) is 9. The monoisotopic (exact) mass is 1050 g/mol. The second kappa shape index (κ2) is 24.5. The van der Waals surface area contributed by atoms with Gasteiger partial charge in [0.2, 0.25) is 35.4 Å². The summed E-state index contributed by atoms with van der Waals surface area (Å²) in [6.07, 6.45) is 5.11. The number of aryl methyl sites for hydroxylation is 2. The Bertz CT molecular complexity index is 2640. The first-order valence-electron chi connectivity index (χ1n) is 26.7. The van der Waals surface area contributed by atoms with Gasteiger partial charge in [-0.25, -0.2) is 0 Å². The summed E-state index contributed by atoms with van der Waals surface area (Å²) in [6.45, 7) is 10.3. The normalized spacial score (nSPS) is 22.4. The van der Waals surface area contributed by atoms with E-state index in [-0.39, 0.29) is 67.5 Å². The smallest absolute Gasteiger partial charge is 0.251 e. The van der Waals surface area contributed by atoms with Gasteiger partial charge in [0.05, 0.1) is 25.2 Å². The number of carbonyl (C=O) groups is 8. The zero-order chi connectivity index (χ0) is 55.1. The van der Waals surface area contributed by atoms with Crippen molar-refractivity contribution in [3.8, 4) is 0 Å². The lowest BCUT2D eigenvalue weighted by molar-refractivity contribution is -0.144. The number of carbonyl (C=O) groups excluding carboxylic acids is 8. The van der Waals surface area contributed by atoms with E-state index in [0.717, 1.165) is 54.4 Å². The zero-order valence-corrected chi connectivity index (χ0v) is 45.2. The number of likely N-dealkylation sites (tertiary alicyclic amines) is 2.